The van der Waals surface area contributed by atoms with Crippen molar-refractivity contribution < 1.29 is 29.3 Å². The van der Waals surface area contributed by atoms with Crippen LogP contribution in [-0.2, 0) is 14.3 Å². The van der Waals surface area contributed by atoms with Gasteiger partial charge in [0.05, 0.1) is 18.6 Å². The first-order chi connectivity index (χ1) is 14.9. The monoisotopic (exact) mass is 432 g/mol. The van der Waals surface area contributed by atoms with Crippen LogP contribution in [0, 0.1) is 5.92 Å². The summed E-state index contributed by atoms with van der Waals surface area (Å²) >= 11 is 0. The zero-order valence-corrected chi connectivity index (χ0v) is 18.3. The van der Waals surface area contributed by atoms with Gasteiger partial charge >= 0.3 is 0 Å². The van der Waals surface area contributed by atoms with E-state index in [4.69, 9.17) is 14.6 Å². The maximum absolute atomic E-state index is 13.0. The lowest BCUT2D eigenvalue weighted by Crippen LogP contribution is -2.56. The summed E-state index contributed by atoms with van der Waals surface area (Å²) in [4.78, 5) is 27.4. The minimum atomic E-state index is -1.01. The number of carbonyl (C=O) groups is 2. The summed E-state index contributed by atoms with van der Waals surface area (Å²) in [5.74, 6) is -0.0768. The lowest BCUT2D eigenvalue weighted by atomic mass is 9.77. The zero-order valence-electron chi connectivity index (χ0n) is 18.3. The van der Waals surface area contributed by atoms with Crippen molar-refractivity contribution in [3.63, 3.8) is 0 Å². The number of carbonyl (C=O) groups excluding carboxylic acids is 2. The fourth-order valence-corrected chi connectivity index (χ4v) is 4.23. The van der Waals surface area contributed by atoms with Crippen LogP contribution in [0.3, 0.4) is 0 Å². The van der Waals surface area contributed by atoms with Crippen molar-refractivity contribution in [2.45, 2.75) is 44.4 Å². The molecule has 3 N–H and O–H groups in total. The molecule has 31 heavy (non-hydrogen) atoms. The Labute approximate surface area is 182 Å². The number of ether oxygens (including phenoxy) is 2. The van der Waals surface area contributed by atoms with E-state index < -0.39 is 24.2 Å². The Bertz CT molecular complexity index is 824. The van der Waals surface area contributed by atoms with E-state index >= 15 is 0 Å². The number of benzene rings is 1. The van der Waals surface area contributed by atoms with Crippen LogP contribution in [0.25, 0.3) is 0 Å². The summed E-state index contributed by atoms with van der Waals surface area (Å²) < 4.78 is 11.1. The van der Waals surface area contributed by atoms with Gasteiger partial charge in [-0.15, -0.1) is 0 Å². The average molecular weight is 433 g/mol. The molecule has 1 heterocycles. The van der Waals surface area contributed by atoms with Crippen molar-refractivity contribution in [3.8, 4) is 5.75 Å². The molecule has 0 saturated carbocycles. The van der Waals surface area contributed by atoms with E-state index in [1.165, 1.54) is 7.11 Å². The Morgan fingerprint density at radius 3 is 2.71 bits per heavy atom. The molecule has 3 rings (SSSR count). The molecule has 0 spiro atoms. The van der Waals surface area contributed by atoms with Gasteiger partial charge in [-0.2, -0.15) is 0 Å². The second-order valence-electron chi connectivity index (χ2n) is 8.38. The number of hydrogen-bond donors (Lipinski definition) is 3. The normalized spacial score (nSPS) is 24.1. The number of aliphatic hydroxyl groups is 2. The van der Waals surface area contributed by atoms with Gasteiger partial charge < -0.3 is 29.9 Å². The van der Waals surface area contributed by atoms with Gasteiger partial charge in [0.25, 0.3) is 0 Å². The average Bonchev–Trinajstić information content (AvgIpc) is 3.13. The molecule has 2 aliphatic rings. The quantitative estimate of drug-likeness (QED) is 0.534. The largest absolute Gasteiger partial charge is 0.486 e. The molecular weight excluding hydrogens is 400 g/mol. The molecule has 0 fully saturated rings. The van der Waals surface area contributed by atoms with Gasteiger partial charge in [0.1, 0.15) is 24.6 Å². The van der Waals surface area contributed by atoms with Gasteiger partial charge in [-0.05, 0) is 24.5 Å². The predicted octanol–water partition coefficient (Wildman–Crippen LogP) is 0.830. The van der Waals surface area contributed by atoms with Crippen molar-refractivity contribution >= 4 is 11.8 Å². The highest BCUT2D eigenvalue weighted by Crippen LogP contribution is 2.47. The third kappa shape index (κ3) is 4.92. The maximum atomic E-state index is 13.0. The number of rotatable bonds is 9. The van der Waals surface area contributed by atoms with Crippen LogP contribution >= 0.6 is 0 Å². The van der Waals surface area contributed by atoms with Crippen molar-refractivity contribution in [2.75, 3.05) is 33.4 Å². The second kappa shape index (κ2) is 10.3. The Morgan fingerprint density at radius 2 is 2.03 bits per heavy atom. The van der Waals surface area contributed by atoms with E-state index in [2.05, 4.69) is 19.2 Å². The standard InChI is InChI=1S/C23H32N2O6/c1-14(2)8-10-25(19(27)13-30-3)17-12-16(23(29)24-9-11-26)20-15-6-4-5-7-18(15)31-22(20)21(17)28/h4-7,12,14,17,20-22,26,28H,8-11,13H2,1-3H3,(H,24,29). The third-order valence-corrected chi connectivity index (χ3v) is 5.77. The number of methoxy groups -OCH3 is 1. The van der Waals surface area contributed by atoms with Crippen LogP contribution < -0.4 is 10.1 Å². The van der Waals surface area contributed by atoms with Gasteiger partial charge in [-0.25, -0.2) is 0 Å². The lowest BCUT2D eigenvalue weighted by Gasteiger charge is -2.41. The van der Waals surface area contributed by atoms with Crippen LogP contribution in [0.15, 0.2) is 35.9 Å². The summed E-state index contributed by atoms with van der Waals surface area (Å²) in [6.45, 7) is 4.37. The molecule has 0 aromatic heterocycles. The Kier molecular flexibility index (Phi) is 7.69. The SMILES string of the molecule is COCC(=O)N(CCC(C)C)C1C=C(C(=O)NCCO)C2c3ccccc3OC2C1O. The fourth-order valence-electron chi connectivity index (χ4n) is 4.23. The van der Waals surface area contributed by atoms with Gasteiger partial charge in [-0.3, -0.25) is 9.59 Å². The molecule has 4 atom stereocenters. The van der Waals surface area contributed by atoms with Gasteiger partial charge in [0.2, 0.25) is 11.8 Å². The minimum Gasteiger partial charge on any atom is -0.486 e. The van der Waals surface area contributed by atoms with Gasteiger partial charge in [0.15, 0.2) is 0 Å². The van der Waals surface area contributed by atoms with Gasteiger partial charge in [0, 0.05) is 31.3 Å². The molecule has 0 saturated heterocycles. The van der Waals surface area contributed by atoms with Crippen LogP contribution in [-0.4, -0.2) is 78.6 Å². The molecule has 170 valence electrons. The first-order valence-electron chi connectivity index (χ1n) is 10.7. The minimum absolute atomic E-state index is 0.114. The number of fused-ring (bicyclic) bond motifs is 3. The summed E-state index contributed by atoms with van der Waals surface area (Å²) in [6, 6.07) is 6.67. The molecule has 8 heteroatoms. The van der Waals surface area contributed by atoms with Crippen LogP contribution in [0.5, 0.6) is 5.75 Å². The topological polar surface area (TPSA) is 108 Å². The van der Waals surface area contributed by atoms with E-state index in [1.807, 2.05) is 24.3 Å². The summed E-state index contributed by atoms with van der Waals surface area (Å²) in [7, 11) is 1.45. The molecular formula is C23H32N2O6. The van der Waals surface area contributed by atoms with E-state index in [9.17, 15) is 14.7 Å². The number of nitrogens with zero attached hydrogens (tertiary/aromatic N) is 1. The molecule has 1 aliphatic heterocycles. The van der Waals surface area contributed by atoms with Crippen molar-refractivity contribution in [3.05, 3.63) is 41.5 Å². The fraction of sp³-hybridized carbons (Fsp3) is 0.565. The van der Waals surface area contributed by atoms with E-state index in [-0.39, 0.29) is 31.6 Å². The molecule has 1 aromatic carbocycles. The number of nitrogens with one attached hydrogen (secondary N) is 1. The Hall–Kier alpha value is -2.42. The molecule has 1 aromatic rings. The number of aliphatic hydroxyl groups excluding tert-OH is 2. The van der Waals surface area contributed by atoms with Crippen LogP contribution in [0.2, 0.25) is 0 Å². The van der Waals surface area contributed by atoms with Crippen LogP contribution in [0.4, 0.5) is 0 Å². The highest BCUT2D eigenvalue weighted by molar-refractivity contribution is 5.96. The van der Waals surface area contributed by atoms with Gasteiger partial charge in [-0.1, -0.05) is 32.0 Å². The number of para-hydroxylation sites is 1. The first kappa shape index (κ1) is 23.2. The molecule has 1 aliphatic carbocycles. The predicted molar refractivity (Wildman–Crippen MR) is 115 cm³/mol. The third-order valence-electron chi connectivity index (χ3n) is 5.77. The Balaban J connectivity index is 2.01. The van der Waals surface area contributed by atoms with Crippen molar-refractivity contribution in [2.24, 2.45) is 5.92 Å². The molecule has 0 radical (unpaired) electrons. The maximum Gasteiger partial charge on any atom is 0.249 e. The lowest BCUT2D eigenvalue weighted by molar-refractivity contribution is -0.141. The Morgan fingerprint density at radius 1 is 1.29 bits per heavy atom. The molecule has 8 nitrogen and oxygen atoms in total. The number of amides is 2. The molecule has 4 unspecified atom stereocenters. The molecule has 2 amide bonds. The van der Waals surface area contributed by atoms with Crippen LogP contribution in [0.1, 0.15) is 31.7 Å². The smallest absolute Gasteiger partial charge is 0.249 e. The second-order valence-corrected chi connectivity index (χ2v) is 8.38. The first-order valence-corrected chi connectivity index (χ1v) is 10.7. The summed E-state index contributed by atoms with van der Waals surface area (Å²) in [6.07, 6.45) is 0.713. The zero-order chi connectivity index (χ0) is 22.5. The van der Waals surface area contributed by atoms with Crippen molar-refractivity contribution in [1.29, 1.82) is 0 Å². The highest BCUT2D eigenvalue weighted by atomic mass is 16.5. The van der Waals surface area contributed by atoms with E-state index in [0.29, 0.717) is 23.8 Å². The van der Waals surface area contributed by atoms with Crippen molar-refractivity contribution in [1.82, 2.24) is 10.2 Å². The molecule has 0 bridgehead atoms. The number of hydrogen-bond acceptors (Lipinski definition) is 6. The summed E-state index contributed by atoms with van der Waals surface area (Å²) in [5.41, 5.74) is 1.26. The highest BCUT2D eigenvalue weighted by Gasteiger charge is 2.50. The summed E-state index contributed by atoms with van der Waals surface area (Å²) in [5, 5.41) is 23.1. The van der Waals surface area contributed by atoms with E-state index in [0.717, 1.165) is 12.0 Å². The van der Waals surface area contributed by atoms with E-state index in [1.54, 1.807) is 11.0 Å².